The molecule has 3 atom stereocenters. The summed E-state index contributed by atoms with van der Waals surface area (Å²) in [6.07, 6.45) is 3.95. The number of carboxylic acid groups (broad SMARTS) is 1. The van der Waals surface area contributed by atoms with Crippen LogP contribution in [0.1, 0.15) is 52.9 Å². The van der Waals surface area contributed by atoms with Crippen LogP contribution >= 0.6 is 0 Å². The third kappa shape index (κ3) is 8.06. The Balaban J connectivity index is 4.30. The minimum atomic E-state index is -0.896. The summed E-state index contributed by atoms with van der Waals surface area (Å²) in [5.74, 6) is -0.778. The van der Waals surface area contributed by atoms with E-state index in [4.69, 9.17) is 10.8 Å². The fourth-order valence-corrected chi connectivity index (χ4v) is 1.89. The quantitative estimate of drug-likeness (QED) is 0.584. The summed E-state index contributed by atoms with van der Waals surface area (Å²) in [7, 11) is 0. The Bertz CT molecular complexity index is 267. The molecule has 0 saturated carbocycles. The number of carbonyl (C=O) groups is 2. The Hall–Kier alpha value is -1.10. The predicted molar refractivity (Wildman–Crippen MR) is 71.1 cm³/mol. The number of carbonyl (C=O) groups excluding carboxylic acids is 1. The van der Waals surface area contributed by atoms with Crippen molar-refractivity contribution in [3.63, 3.8) is 0 Å². The first-order chi connectivity index (χ1) is 8.36. The van der Waals surface area contributed by atoms with Crippen molar-refractivity contribution < 1.29 is 14.7 Å². The molecular formula is C13H26N2O3. The number of unbranched alkanes of at least 4 members (excludes halogenated alkanes) is 1. The predicted octanol–water partition coefficient (Wildman–Crippen LogP) is 1.51. The number of hydrogen-bond acceptors (Lipinski definition) is 3. The van der Waals surface area contributed by atoms with Gasteiger partial charge in [0, 0.05) is 6.04 Å². The largest absolute Gasteiger partial charge is 0.481 e. The van der Waals surface area contributed by atoms with E-state index < -0.39 is 12.0 Å². The van der Waals surface area contributed by atoms with E-state index in [1.165, 1.54) is 0 Å². The van der Waals surface area contributed by atoms with Gasteiger partial charge in [-0.05, 0) is 19.3 Å². The van der Waals surface area contributed by atoms with Gasteiger partial charge in [-0.1, -0.05) is 33.1 Å². The maximum atomic E-state index is 11.5. The molecule has 106 valence electrons. The second-order valence-corrected chi connectivity index (χ2v) is 5.08. The van der Waals surface area contributed by atoms with Crippen LogP contribution in [0.25, 0.3) is 0 Å². The number of hydrogen-bond donors (Lipinski definition) is 3. The molecule has 0 aliphatic heterocycles. The van der Waals surface area contributed by atoms with E-state index in [1.54, 1.807) is 6.92 Å². The molecule has 0 aliphatic carbocycles. The average Bonchev–Trinajstić information content (AvgIpc) is 2.24. The van der Waals surface area contributed by atoms with Gasteiger partial charge >= 0.3 is 5.97 Å². The van der Waals surface area contributed by atoms with Crippen molar-refractivity contribution in [1.29, 1.82) is 0 Å². The lowest BCUT2D eigenvalue weighted by Gasteiger charge is -2.21. The Kier molecular flexibility index (Phi) is 8.37. The molecule has 0 spiro atoms. The molecule has 0 aromatic carbocycles. The minimum absolute atomic E-state index is 0.0467. The summed E-state index contributed by atoms with van der Waals surface area (Å²) < 4.78 is 0. The van der Waals surface area contributed by atoms with E-state index in [0.717, 1.165) is 19.3 Å². The Morgan fingerprint density at radius 1 is 1.33 bits per heavy atom. The van der Waals surface area contributed by atoms with Crippen LogP contribution in [-0.4, -0.2) is 29.1 Å². The number of amides is 1. The van der Waals surface area contributed by atoms with Crippen LogP contribution in [0.4, 0.5) is 0 Å². The van der Waals surface area contributed by atoms with Crippen LogP contribution in [0.2, 0.25) is 0 Å². The summed E-state index contributed by atoms with van der Waals surface area (Å²) >= 11 is 0. The van der Waals surface area contributed by atoms with E-state index in [2.05, 4.69) is 19.2 Å². The zero-order chi connectivity index (χ0) is 14.1. The van der Waals surface area contributed by atoms with Gasteiger partial charge in [-0.2, -0.15) is 0 Å². The van der Waals surface area contributed by atoms with Crippen molar-refractivity contribution >= 4 is 11.9 Å². The highest BCUT2D eigenvalue weighted by atomic mass is 16.4. The molecule has 5 heteroatoms. The molecule has 0 aromatic rings. The number of aliphatic carboxylic acids is 1. The first-order valence-electron chi connectivity index (χ1n) is 6.64. The standard InChI is InChI=1S/C13H26N2O3/c1-4-5-6-9(2)7-11(8-12(16)17)15-13(18)10(3)14/h9-11H,4-8,14H2,1-3H3,(H,15,18)(H,16,17)/t9?,10-,11?/m0/s1. The van der Waals surface area contributed by atoms with Gasteiger partial charge in [-0.15, -0.1) is 0 Å². The number of carboxylic acids is 1. The van der Waals surface area contributed by atoms with Crippen molar-refractivity contribution in [2.45, 2.75) is 65.0 Å². The van der Waals surface area contributed by atoms with Crippen LogP contribution in [0, 0.1) is 5.92 Å². The maximum Gasteiger partial charge on any atom is 0.305 e. The fourth-order valence-electron chi connectivity index (χ4n) is 1.89. The molecule has 0 fully saturated rings. The van der Waals surface area contributed by atoms with E-state index in [-0.39, 0.29) is 18.4 Å². The highest BCUT2D eigenvalue weighted by molar-refractivity contribution is 5.81. The minimum Gasteiger partial charge on any atom is -0.481 e. The lowest BCUT2D eigenvalue weighted by Crippen LogP contribution is -2.45. The SMILES string of the molecule is CCCCC(C)CC(CC(=O)O)NC(=O)[C@H](C)N. The lowest BCUT2D eigenvalue weighted by molar-refractivity contribution is -0.137. The summed E-state index contributed by atoms with van der Waals surface area (Å²) in [5, 5.41) is 11.6. The van der Waals surface area contributed by atoms with Crippen molar-refractivity contribution in [2.24, 2.45) is 11.7 Å². The van der Waals surface area contributed by atoms with Gasteiger partial charge in [0.2, 0.25) is 5.91 Å². The zero-order valence-corrected chi connectivity index (χ0v) is 11.6. The van der Waals surface area contributed by atoms with E-state index >= 15 is 0 Å². The summed E-state index contributed by atoms with van der Waals surface area (Å²) in [4.78, 5) is 22.3. The van der Waals surface area contributed by atoms with E-state index in [1.807, 2.05) is 0 Å². The third-order valence-corrected chi connectivity index (χ3v) is 2.92. The van der Waals surface area contributed by atoms with Crippen molar-refractivity contribution in [3.05, 3.63) is 0 Å². The number of nitrogens with one attached hydrogen (secondary N) is 1. The molecule has 0 radical (unpaired) electrons. The molecule has 1 amide bonds. The van der Waals surface area contributed by atoms with E-state index in [0.29, 0.717) is 12.3 Å². The molecule has 0 aliphatic rings. The monoisotopic (exact) mass is 258 g/mol. The lowest BCUT2D eigenvalue weighted by atomic mass is 9.94. The molecule has 0 aromatic heterocycles. The first-order valence-corrected chi connectivity index (χ1v) is 6.64. The van der Waals surface area contributed by atoms with E-state index in [9.17, 15) is 9.59 Å². The van der Waals surface area contributed by atoms with Gasteiger partial charge in [0.05, 0.1) is 12.5 Å². The Labute approximate surface area is 109 Å². The van der Waals surface area contributed by atoms with Crippen LogP contribution in [-0.2, 0) is 9.59 Å². The topological polar surface area (TPSA) is 92.4 Å². The van der Waals surface area contributed by atoms with Crippen molar-refractivity contribution in [2.75, 3.05) is 0 Å². The summed E-state index contributed by atoms with van der Waals surface area (Å²) in [5.41, 5.74) is 5.47. The van der Waals surface area contributed by atoms with Gasteiger partial charge in [0.25, 0.3) is 0 Å². The van der Waals surface area contributed by atoms with Crippen molar-refractivity contribution in [3.8, 4) is 0 Å². The molecule has 18 heavy (non-hydrogen) atoms. The highest BCUT2D eigenvalue weighted by Gasteiger charge is 2.20. The van der Waals surface area contributed by atoms with Crippen molar-refractivity contribution in [1.82, 2.24) is 5.32 Å². The second-order valence-electron chi connectivity index (χ2n) is 5.08. The molecule has 0 saturated heterocycles. The highest BCUT2D eigenvalue weighted by Crippen LogP contribution is 2.15. The molecular weight excluding hydrogens is 232 g/mol. The molecule has 0 bridgehead atoms. The normalized spacial score (nSPS) is 15.8. The van der Waals surface area contributed by atoms with Crippen LogP contribution < -0.4 is 11.1 Å². The Morgan fingerprint density at radius 2 is 1.94 bits per heavy atom. The van der Waals surface area contributed by atoms with Crippen LogP contribution in [0.3, 0.4) is 0 Å². The van der Waals surface area contributed by atoms with Crippen LogP contribution in [0.15, 0.2) is 0 Å². The number of rotatable bonds is 9. The molecule has 4 N–H and O–H groups in total. The second kappa shape index (κ2) is 8.91. The Morgan fingerprint density at radius 3 is 2.39 bits per heavy atom. The molecule has 0 rings (SSSR count). The third-order valence-electron chi connectivity index (χ3n) is 2.92. The van der Waals surface area contributed by atoms with Crippen LogP contribution in [0.5, 0.6) is 0 Å². The molecule has 5 nitrogen and oxygen atoms in total. The van der Waals surface area contributed by atoms with Gasteiger partial charge < -0.3 is 16.2 Å². The molecule has 0 heterocycles. The zero-order valence-electron chi connectivity index (χ0n) is 11.6. The number of nitrogens with two attached hydrogens (primary N) is 1. The van der Waals surface area contributed by atoms with Gasteiger partial charge in [0.15, 0.2) is 0 Å². The fraction of sp³-hybridized carbons (Fsp3) is 0.846. The summed E-state index contributed by atoms with van der Waals surface area (Å²) in [6.45, 7) is 5.80. The maximum absolute atomic E-state index is 11.5. The van der Waals surface area contributed by atoms with Gasteiger partial charge in [0.1, 0.15) is 0 Å². The average molecular weight is 258 g/mol. The smallest absolute Gasteiger partial charge is 0.305 e. The van der Waals surface area contributed by atoms with Gasteiger partial charge in [-0.3, -0.25) is 9.59 Å². The summed E-state index contributed by atoms with van der Waals surface area (Å²) in [6, 6.07) is -0.930. The molecule has 2 unspecified atom stereocenters. The first kappa shape index (κ1) is 16.9. The van der Waals surface area contributed by atoms with Gasteiger partial charge in [-0.25, -0.2) is 0 Å².